The van der Waals surface area contributed by atoms with E-state index in [1.165, 1.54) is 75.3 Å². The van der Waals surface area contributed by atoms with Gasteiger partial charge in [-0.25, -0.2) is 0 Å². The van der Waals surface area contributed by atoms with Gasteiger partial charge in [0.1, 0.15) is 5.78 Å². The van der Waals surface area contributed by atoms with Crippen LogP contribution >= 0.6 is 0 Å². The Morgan fingerprint density at radius 1 is 0.891 bits per heavy atom. The van der Waals surface area contributed by atoms with Gasteiger partial charge < -0.3 is 0 Å². The maximum Gasteiger partial charge on any atom is 0.137 e. The van der Waals surface area contributed by atoms with E-state index in [-0.39, 0.29) is 5.41 Å². The van der Waals surface area contributed by atoms with Gasteiger partial charge in [0, 0.05) is 12.8 Å². The molecule has 0 N–H and O–H groups in total. The van der Waals surface area contributed by atoms with Crippen molar-refractivity contribution in [3.8, 4) is 0 Å². The summed E-state index contributed by atoms with van der Waals surface area (Å²) >= 11 is 0. The fourth-order valence-corrected chi connectivity index (χ4v) is 14.4. The van der Waals surface area contributed by atoms with Crippen LogP contribution in [0.2, 0.25) is 0 Å². The van der Waals surface area contributed by atoms with Gasteiger partial charge in [-0.15, -0.1) is 0 Å². The van der Waals surface area contributed by atoms with Crippen LogP contribution in [0.5, 0.6) is 0 Å². The summed E-state index contributed by atoms with van der Waals surface area (Å²) in [7, 11) is 0. The molecule has 1 heteroatoms. The normalized spacial score (nSPS) is 40.8. The van der Waals surface area contributed by atoms with Gasteiger partial charge in [0.15, 0.2) is 0 Å². The zero-order chi connectivity index (χ0) is 33.5. The summed E-state index contributed by atoms with van der Waals surface area (Å²) in [5, 5.41) is 0. The molecule has 1 nitrogen and oxygen atoms in total. The van der Waals surface area contributed by atoms with E-state index in [1.807, 2.05) is 0 Å². The highest BCUT2D eigenvalue weighted by Gasteiger charge is 2.65. The van der Waals surface area contributed by atoms with Crippen LogP contribution in [0.3, 0.4) is 0 Å². The van der Waals surface area contributed by atoms with E-state index >= 15 is 0 Å². The van der Waals surface area contributed by atoms with Gasteiger partial charge >= 0.3 is 0 Å². The molecule has 0 amide bonds. The van der Waals surface area contributed by atoms with Gasteiger partial charge in [-0.3, -0.25) is 4.79 Å². The Hall–Kier alpha value is -1.37. The van der Waals surface area contributed by atoms with Crippen molar-refractivity contribution in [3.63, 3.8) is 0 Å². The third-order valence-electron chi connectivity index (χ3n) is 16.2. The summed E-state index contributed by atoms with van der Waals surface area (Å²) in [5.41, 5.74) is 12.0. The van der Waals surface area contributed by atoms with E-state index in [0.29, 0.717) is 64.5 Å². The van der Waals surface area contributed by atoms with Crippen molar-refractivity contribution < 1.29 is 4.79 Å². The van der Waals surface area contributed by atoms with E-state index in [0.717, 1.165) is 18.3 Å². The molecule has 1 aromatic rings. The summed E-state index contributed by atoms with van der Waals surface area (Å²) in [4.78, 5) is 13.9. The van der Waals surface area contributed by atoms with Crippen molar-refractivity contribution in [2.45, 2.75) is 172 Å². The quantitative estimate of drug-likeness (QED) is 0.287. The van der Waals surface area contributed by atoms with Gasteiger partial charge in [-0.2, -0.15) is 0 Å². The van der Waals surface area contributed by atoms with Gasteiger partial charge in [0.25, 0.3) is 0 Å². The fourth-order valence-electron chi connectivity index (χ4n) is 14.4. The summed E-state index contributed by atoms with van der Waals surface area (Å²) in [6.45, 7) is 30.4. The van der Waals surface area contributed by atoms with Crippen LogP contribution in [-0.4, -0.2) is 5.78 Å². The van der Waals surface area contributed by atoms with Crippen molar-refractivity contribution in [3.05, 3.63) is 45.0 Å². The number of allylic oxidation sites excluding steroid dienone is 2. The molecule has 5 aliphatic rings. The second-order valence-electron chi connectivity index (χ2n) is 19.4. The average molecular weight is 627 g/mol. The first kappa shape index (κ1) is 34.5. The molecule has 0 aliphatic heterocycles. The van der Waals surface area contributed by atoms with E-state index in [1.54, 1.807) is 27.8 Å². The maximum absolute atomic E-state index is 13.9. The minimum absolute atomic E-state index is 0.279. The van der Waals surface area contributed by atoms with Crippen molar-refractivity contribution in [1.82, 2.24) is 0 Å². The number of ketones is 1. The maximum atomic E-state index is 13.9. The Morgan fingerprint density at radius 3 is 2.24 bits per heavy atom. The molecule has 10 atom stereocenters. The molecule has 0 saturated heterocycles. The van der Waals surface area contributed by atoms with Gasteiger partial charge in [-0.1, -0.05) is 119 Å². The molecular formula is C45H70O. The zero-order valence-electron chi connectivity index (χ0n) is 32.2. The molecule has 46 heavy (non-hydrogen) atoms. The molecule has 6 rings (SSSR count). The Morgan fingerprint density at radius 2 is 1.57 bits per heavy atom. The predicted octanol–water partition coefficient (Wildman–Crippen LogP) is 12.6. The topological polar surface area (TPSA) is 17.1 Å². The number of benzene rings is 1. The standard InChI is InChI=1S/C45H70O/c1-26(2)38-22-35(21-36(46)20-34-18-15-17-33-16-13-14-19-37(33)34)29(6)41-30(7)42-32(9)45(12)31(8)40(27(3)4)28(5)23-44(45,11)25-43(42,10)24-39(38)41/h22,26-27,30-34,37,42H,13-21,23-25H2,1-12H3. The first-order valence-electron chi connectivity index (χ1n) is 19.9. The van der Waals surface area contributed by atoms with E-state index in [4.69, 9.17) is 0 Å². The Balaban J connectivity index is 1.35. The number of carbonyl (C=O) groups is 1. The lowest BCUT2D eigenvalue weighted by atomic mass is 9.35. The molecule has 3 fully saturated rings. The zero-order valence-corrected chi connectivity index (χ0v) is 32.2. The number of hydrogen-bond acceptors (Lipinski definition) is 1. The van der Waals surface area contributed by atoms with Crippen LogP contribution in [-0.2, 0) is 17.6 Å². The molecule has 0 radical (unpaired) electrons. The third-order valence-corrected chi connectivity index (χ3v) is 16.2. The smallest absolute Gasteiger partial charge is 0.137 e. The molecule has 0 bridgehead atoms. The number of Topliss-reactive ketones (excluding diaryl/α,β-unsaturated/α-hetero) is 1. The Labute approximate surface area is 284 Å². The number of rotatable bonds is 6. The Bertz CT molecular complexity index is 1370. The minimum atomic E-state index is 0.279. The van der Waals surface area contributed by atoms with E-state index in [9.17, 15) is 4.79 Å². The van der Waals surface area contributed by atoms with E-state index < -0.39 is 0 Å². The lowest BCUT2D eigenvalue weighted by Crippen LogP contribution is -2.62. The first-order chi connectivity index (χ1) is 21.5. The summed E-state index contributed by atoms with van der Waals surface area (Å²) < 4.78 is 0. The van der Waals surface area contributed by atoms with Crippen molar-refractivity contribution in [2.24, 2.45) is 57.7 Å². The number of hydrogen-bond donors (Lipinski definition) is 0. The van der Waals surface area contributed by atoms with Gasteiger partial charge in [-0.05, 0) is 143 Å². The molecule has 0 spiro atoms. The van der Waals surface area contributed by atoms with Crippen LogP contribution < -0.4 is 0 Å². The van der Waals surface area contributed by atoms with Gasteiger partial charge in [0.05, 0.1) is 0 Å². The van der Waals surface area contributed by atoms with Crippen LogP contribution in [0.15, 0.2) is 17.2 Å². The molecular weight excluding hydrogens is 556 g/mol. The number of carbonyl (C=O) groups excluding carboxylic acids is 1. The first-order valence-corrected chi connectivity index (χ1v) is 19.9. The lowest BCUT2D eigenvalue weighted by Gasteiger charge is -2.69. The van der Waals surface area contributed by atoms with Gasteiger partial charge in [0.2, 0.25) is 0 Å². The molecule has 5 aliphatic carbocycles. The predicted molar refractivity (Wildman–Crippen MR) is 196 cm³/mol. The molecule has 0 heterocycles. The lowest BCUT2D eigenvalue weighted by molar-refractivity contribution is -0.168. The molecule has 10 unspecified atom stereocenters. The van der Waals surface area contributed by atoms with E-state index in [2.05, 4.69) is 89.2 Å². The second kappa shape index (κ2) is 12.2. The molecule has 256 valence electrons. The highest BCUT2D eigenvalue weighted by Crippen LogP contribution is 2.73. The van der Waals surface area contributed by atoms with Crippen molar-refractivity contribution >= 4 is 5.78 Å². The molecule has 0 aromatic heterocycles. The Kier molecular flexibility index (Phi) is 9.14. The van der Waals surface area contributed by atoms with Crippen LogP contribution in [0.25, 0.3) is 0 Å². The molecule has 1 aromatic carbocycles. The second-order valence-corrected chi connectivity index (χ2v) is 19.4. The minimum Gasteiger partial charge on any atom is -0.299 e. The third kappa shape index (κ3) is 5.25. The molecule has 3 saturated carbocycles. The summed E-state index contributed by atoms with van der Waals surface area (Å²) in [5.74, 6) is 6.38. The highest BCUT2D eigenvalue weighted by atomic mass is 16.1. The largest absolute Gasteiger partial charge is 0.299 e. The van der Waals surface area contributed by atoms with Crippen molar-refractivity contribution in [1.29, 1.82) is 0 Å². The number of fused-ring (bicyclic) bond motifs is 4. The fraction of sp³-hybridized carbons (Fsp3) is 0.800. The summed E-state index contributed by atoms with van der Waals surface area (Å²) in [6.07, 6.45) is 14.9. The van der Waals surface area contributed by atoms with Crippen LogP contribution in [0.4, 0.5) is 0 Å². The van der Waals surface area contributed by atoms with Crippen LogP contribution in [0.1, 0.15) is 180 Å². The summed E-state index contributed by atoms with van der Waals surface area (Å²) in [6, 6.07) is 2.51. The average Bonchev–Trinajstić information content (AvgIpc) is 2.96. The SMILES string of the molecule is CC1=C(C(C)C)C(C)C2(C)C(C)C3C(C)c4c(C)c(CC(=O)CC5CCCC6CCCCC65)cc(C(C)C)c4CC3(C)CC2(C)C1. The van der Waals surface area contributed by atoms with Crippen LogP contribution in [0, 0.1) is 64.6 Å². The van der Waals surface area contributed by atoms with Crippen molar-refractivity contribution in [2.75, 3.05) is 0 Å². The highest BCUT2D eigenvalue weighted by molar-refractivity contribution is 5.82. The monoisotopic (exact) mass is 627 g/mol.